The zero-order valence-corrected chi connectivity index (χ0v) is 17.6. The molecule has 2 heterocycles. The summed E-state index contributed by atoms with van der Waals surface area (Å²) in [6.45, 7) is 11.4. The first kappa shape index (κ1) is 21.4. The summed E-state index contributed by atoms with van der Waals surface area (Å²) in [7, 11) is 1.63. The van der Waals surface area contributed by atoms with Gasteiger partial charge in [-0.15, -0.1) is 0 Å². The van der Waals surface area contributed by atoms with Gasteiger partial charge in [0.25, 0.3) is 0 Å². The van der Waals surface area contributed by atoms with Crippen molar-refractivity contribution in [3.05, 3.63) is 49.1 Å². The molecule has 3 rings (SSSR count). The Labute approximate surface area is 177 Å². The standard InChI is InChI=1S/C23H27N3O4/c1-6-10-29-18-9-8-16(12-19(18)30-11-7-2)20-23(4,14-24)13-17-22(28)25(5)15(3)21(27)26(17)20/h6-9,12,15,17,20H,1-2,10-11,13H2,3-5H3. The normalized spacial score (nSPS) is 28.0. The second-order valence-corrected chi connectivity index (χ2v) is 7.93. The Morgan fingerprint density at radius 3 is 2.43 bits per heavy atom. The Bertz CT molecular complexity index is 922. The third kappa shape index (κ3) is 3.43. The first-order valence-electron chi connectivity index (χ1n) is 9.90. The lowest BCUT2D eigenvalue weighted by atomic mass is 9.79. The fourth-order valence-corrected chi connectivity index (χ4v) is 4.25. The number of rotatable bonds is 7. The summed E-state index contributed by atoms with van der Waals surface area (Å²) in [6, 6.07) is 5.92. The molecule has 30 heavy (non-hydrogen) atoms. The number of hydrogen-bond acceptors (Lipinski definition) is 5. The second-order valence-electron chi connectivity index (χ2n) is 7.93. The molecular weight excluding hydrogens is 382 g/mol. The van der Waals surface area contributed by atoms with E-state index in [2.05, 4.69) is 19.2 Å². The summed E-state index contributed by atoms with van der Waals surface area (Å²) in [5.41, 5.74) is -0.190. The Hall–Kier alpha value is -3.27. The molecule has 1 aromatic carbocycles. The summed E-state index contributed by atoms with van der Waals surface area (Å²) in [4.78, 5) is 29.1. The van der Waals surface area contributed by atoms with E-state index in [-0.39, 0.29) is 24.8 Å². The molecule has 4 unspecified atom stereocenters. The molecule has 0 saturated carbocycles. The minimum absolute atomic E-state index is 0.139. The van der Waals surface area contributed by atoms with Crippen LogP contribution in [0.4, 0.5) is 0 Å². The van der Waals surface area contributed by atoms with E-state index in [1.165, 1.54) is 4.90 Å². The van der Waals surface area contributed by atoms with Gasteiger partial charge in [-0.3, -0.25) is 9.59 Å². The van der Waals surface area contributed by atoms with Gasteiger partial charge >= 0.3 is 0 Å². The van der Waals surface area contributed by atoms with Crippen molar-refractivity contribution in [2.75, 3.05) is 20.3 Å². The van der Waals surface area contributed by atoms with E-state index < -0.39 is 23.5 Å². The van der Waals surface area contributed by atoms with Crippen LogP contribution in [0.3, 0.4) is 0 Å². The summed E-state index contributed by atoms with van der Waals surface area (Å²) in [5, 5.41) is 10.00. The Morgan fingerprint density at radius 2 is 1.83 bits per heavy atom. The van der Waals surface area contributed by atoms with Gasteiger partial charge in [-0.25, -0.2) is 0 Å². The molecule has 0 spiro atoms. The minimum Gasteiger partial charge on any atom is -0.486 e. The summed E-state index contributed by atoms with van der Waals surface area (Å²) < 4.78 is 11.4. The highest BCUT2D eigenvalue weighted by molar-refractivity contribution is 5.97. The van der Waals surface area contributed by atoms with Crippen LogP contribution in [0, 0.1) is 16.7 Å². The van der Waals surface area contributed by atoms with Crippen molar-refractivity contribution in [1.29, 1.82) is 5.26 Å². The van der Waals surface area contributed by atoms with Crippen molar-refractivity contribution in [2.45, 2.75) is 38.4 Å². The van der Waals surface area contributed by atoms with Crippen LogP contribution in [0.2, 0.25) is 0 Å². The molecule has 0 aliphatic carbocycles. The number of amides is 2. The highest BCUT2D eigenvalue weighted by Gasteiger charge is 2.58. The first-order valence-corrected chi connectivity index (χ1v) is 9.90. The largest absolute Gasteiger partial charge is 0.486 e. The van der Waals surface area contributed by atoms with Crippen molar-refractivity contribution in [3.63, 3.8) is 0 Å². The number of piperazine rings is 1. The Kier molecular flexibility index (Phi) is 5.88. The maximum Gasteiger partial charge on any atom is 0.246 e. The number of likely N-dealkylation sites (N-methyl/N-ethyl adjacent to an activating group) is 1. The average Bonchev–Trinajstić information content (AvgIpc) is 3.07. The van der Waals surface area contributed by atoms with Gasteiger partial charge in [-0.2, -0.15) is 5.26 Å². The van der Waals surface area contributed by atoms with E-state index in [0.717, 1.165) is 5.56 Å². The molecule has 0 bridgehead atoms. The maximum absolute atomic E-state index is 13.2. The van der Waals surface area contributed by atoms with Gasteiger partial charge < -0.3 is 19.3 Å². The van der Waals surface area contributed by atoms with Gasteiger partial charge in [-0.1, -0.05) is 31.4 Å². The van der Waals surface area contributed by atoms with Crippen LogP contribution in [0.25, 0.3) is 0 Å². The number of nitriles is 1. The predicted molar refractivity (Wildman–Crippen MR) is 112 cm³/mol. The van der Waals surface area contributed by atoms with Crippen molar-refractivity contribution >= 4 is 11.8 Å². The molecular formula is C23H27N3O4. The lowest BCUT2D eigenvalue weighted by Gasteiger charge is -2.42. The molecule has 2 saturated heterocycles. The van der Waals surface area contributed by atoms with Crippen LogP contribution in [-0.4, -0.2) is 54.0 Å². The van der Waals surface area contributed by atoms with E-state index in [4.69, 9.17) is 9.47 Å². The molecule has 2 fully saturated rings. The highest BCUT2D eigenvalue weighted by Crippen LogP contribution is 2.52. The zero-order chi connectivity index (χ0) is 22.1. The van der Waals surface area contributed by atoms with Gasteiger partial charge in [0.05, 0.1) is 17.5 Å². The minimum atomic E-state index is -0.917. The SMILES string of the molecule is C=CCOc1ccc(C2N3C(=O)C(C)N(C)C(=O)C3CC2(C)C#N)cc1OCC=C. The summed E-state index contributed by atoms with van der Waals surface area (Å²) in [6.07, 6.45) is 3.54. The molecule has 7 nitrogen and oxygen atoms in total. The smallest absolute Gasteiger partial charge is 0.246 e. The molecule has 1 aromatic rings. The van der Waals surface area contributed by atoms with Gasteiger partial charge in [0.2, 0.25) is 11.8 Å². The number of carbonyl (C=O) groups excluding carboxylic acids is 2. The number of carbonyl (C=O) groups is 2. The molecule has 2 amide bonds. The molecule has 7 heteroatoms. The van der Waals surface area contributed by atoms with Crippen molar-refractivity contribution in [2.24, 2.45) is 5.41 Å². The number of hydrogen-bond donors (Lipinski definition) is 0. The first-order chi connectivity index (χ1) is 14.3. The topological polar surface area (TPSA) is 82.9 Å². The van der Waals surface area contributed by atoms with Crippen LogP contribution < -0.4 is 9.47 Å². The Morgan fingerprint density at radius 1 is 1.20 bits per heavy atom. The lowest BCUT2D eigenvalue weighted by molar-refractivity contribution is -0.159. The molecule has 2 aliphatic heterocycles. The Balaban J connectivity index is 2.08. The molecule has 158 valence electrons. The number of fused-ring (bicyclic) bond motifs is 1. The third-order valence-electron chi connectivity index (χ3n) is 5.91. The molecule has 0 aromatic heterocycles. The average molecular weight is 409 g/mol. The summed E-state index contributed by atoms with van der Waals surface area (Å²) in [5.74, 6) is 0.716. The van der Waals surface area contributed by atoms with Crippen molar-refractivity contribution in [1.82, 2.24) is 9.80 Å². The van der Waals surface area contributed by atoms with Crippen LogP contribution in [0.15, 0.2) is 43.5 Å². The van der Waals surface area contributed by atoms with Crippen molar-refractivity contribution in [3.8, 4) is 17.6 Å². The van der Waals surface area contributed by atoms with Crippen LogP contribution in [0.5, 0.6) is 11.5 Å². The number of benzene rings is 1. The van der Waals surface area contributed by atoms with E-state index >= 15 is 0 Å². The quantitative estimate of drug-likeness (QED) is 0.647. The lowest BCUT2D eigenvalue weighted by Crippen LogP contribution is -2.60. The van der Waals surface area contributed by atoms with E-state index in [1.807, 2.05) is 6.07 Å². The fourth-order valence-electron chi connectivity index (χ4n) is 4.25. The van der Waals surface area contributed by atoms with Crippen LogP contribution >= 0.6 is 0 Å². The second kappa shape index (κ2) is 8.23. The highest BCUT2D eigenvalue weighted by atomic mass is 16.5. The van der Waals surface area contributed by atoms with Gasteiger partial charge in [0.1, 0.15) is 25.3 Å². The molecule has 0 radical (unpaired) electrons. The maximum atomic E-state index is 13.2. The number of ether oxygens (including phenoxy) is 2. The predicted octanol–water partition coefficient (Wildman–Crippen LogP) is 2.85. The van der Waals surface area contributed by atoms with Gasteiger partial charge in [-0.05, 0) is 38.0 Å². The molecule has 0 N–H and O–H groups in total. The molecule has 4 atom stereocenters. The van der Waals surface area contributed by atoms with Gasteiger partial charge in [0, 0.05) is 7.05 Å². The van der Waals surface area contributed by atoms with Crippen molar-refractivity contribution < 1.29 is 19.1 Å². The third-order valence-corrected chi connectivity index (χ3v) is 5.91. The monoisotopic (exact) mass is 409 g/mol. The van der Waals surface area contributed by atoms with Crippen LogP contribution in [0.1, 0.15) is 31.9 Å². The zero-order valence-electron chi connectivity index (χ0n) is 17.6. The van der Waals surface area contributed by atoms with Gasteiger partial charge in [0.15, 0.2) is 11.5 Å². The van der Waals surface area contributed by atoms with E-state index in [1.54, 1.807) is 50.1 Å². The van der Waals surface area contributed by atoms with E-state index in [0.29, 0.717) is 18.1 Å². The number of nitrogens with zero attached hydrogens (tertiary/aromatic N) is 3. The van der Waals surface area contributed by atoms with Crippen LogP contribution in [-0.2, 0) is 9.59 Å². The van der Waals surface area contributed by atoms with E-state index in [9.17, 15) is 14.9 Å². The summed E-state index contributed by atoms with van der Waals surface area (Å²) >= 11 is 0. The molecule has 2 aliphatic rings. The fraction of sp³-hybridized carbons (Fsp3) is 0.435.